The molecule has 0 aliphatic rings. The minimum atomic E-state index is 0.532. The maximum atomic E-state index is 6.92. The van der Waals surface area contributed by atoms with Gasteiger partial charge in [-0.15, -0.1) is 0 Å². The third kappa shape index (κ3) is 5.03. The third-order valence-corrected chi connectivity index (χ3v) is 12.8. The van der Waals surface area contributed by atoms with Crippen molar-refractivity contribution in [1.29, 1.82) is 0 Å². The molecule has 0 aliphatic carbocycles. The maximum Gasteiger partial charge on any atom is 0.167 e. The summed E-state index contributed by atoms with van der Waals surface area (Å²) in [4.78, 5) is 15.7. The minimum absolute atomic E-state index is 0.532. The second-order valence-electron chi connectivity index (χ2n) is 16.3. The van der Waals surface area contributed by atoms with E-state index in [1.165, 1.54) is 32.3 Å². The van der Waals surface area contributed by atoms with Crippen LogP contribution in [0.25, 0.3) is 138 Å². The van der Waals surface area contributed by atoms with Crippen LogP contribution in [0, 0.1) is 0 Å². The van der Waals surface area contributed by atoms with E-state index in [-0.39, 0.29) is 0 Å². The van der Waals surface area contributed by atoms with Gasteiger partial charge in [-0.05, 0) is 70.1 Å². The molecule has 0 fully saturated rings. The predicted octanol–water partition coefficient (Wildman–Crippen LogP) is 15.2. The number of furan rings is 2. The van der Waals surface area contributed by atoms with Crippen LogP contribution in [0.15, 0.2) is 203 Å². The van der Waals surface area contributed by atoms with Gasteiger partial charge in [0.2, 0.25) is 0 Å². The highest BCUT2D eigenvalue weighted by atomic mass is 16.3. The fraction of sp³-hybridized carbons (Fsp3) is 0. The molecule has 6 heteroatoms. The van der Waals surface area contributed by atoms with E-state index in [1.807, 2.05) is 72.8 Å². The average Bonchev–Trinajstić information content (AvgIpc) is 4.02. The van der Waals surface area contributed by atoms with Crippen molar-refractivity contribution in [3.8, 4) is 39.9 Å². The molecule has 14 rings (SSSR count). The summed E-state index contributed by atoms with van der Waals surface area (Å²) in [5, 5.41) is 13.3. The fourth-order valence-electron chi connectivity index (χ4n) is 9.90. The van der Waals surface area contributed by atoms with Gasteiger partial charge in [0.05, 0.1) is 22.3 Å². The number of para-hydroxylation sites is 2. The van der Waals surface area contributed by atoms with E-state index in [1.54, 1.807) is 0 Å². The zero-order valence-electron chi connectivity index (χ0n) is 33.6. The first kappa shape index (κ1) is 34.1. The van der Waals surface area contributed by atoms with Gasteiger partial charge in [-0.1, -0.05) is 146 Å². The molecule has 0 atom stereocenters. The number of benzene rings is 10. The molecule has 6 nitrogen and oxygen atoms in total. The molecular formula is C57H32N4O2. The van der Waals surface area contributed by atoms with Crippen LogP contribution in [0.1, 0.15) is 0 Å². The van der Waals surface area contributed by atoms with E-state index in [9.17, 15) is 0 Å². The maximum absolute atomic E-state index is 6.92. The summed E-state index contributed by atoms with van der Waals surface area (Å²) in [7, 11) is 0. The lowest BCUT2D eigenvalue weighted by Crippen LogP contribution is -2.00. The number of rotatable bonds is 4. The largest absolute Gasteiger partial charge is 0.455 e. The quantitative estimate of drug-likeness (QED) is 0.177. The third-order valence-electron chi connectivity index (χ3n) is 12.8. The molecule has 4 aromatic heterocycles. The molecule has 0 aliphatic heterocycles. The lowest BCUT2D eigenvalue weighted by atomic mass is 10.0. The topological polar surface area (TPSA) is 69.9 Å². The number of hydrogen-bond acceptors (Lipinski definition) is 5. The van der Waals surface area contributed by atoms with Crippen LogP contribution in [0.2, 0.25) is 0 Å². The van der Waals surface area contributed by atoms with Crippen LogP contribution in [-0.4, -0.2) is 19.5 Å². The zero-order valence-corrected chi connectivity index (χ0v) is 33.6. The van der Waals surface area contributed by atoms with Gasteiger partial charge >= 0.3 is 0 Å². The van der Waals surface area contributed by atoms with Crippen molar-refractivity contribution in [2.24, 2.45) is 0 Å². The second kappa shape index (κ2) is 12.9. The molecule has 0 radical (unpaired) electrons. The standard InChI is InChI=1S/C57H32N4O2/c1-2-14-33(15-3-1)55-58-56(60-57(59-55)43-25-12-23-41-39-21-10-11-26-50(39)62-53(41)43)42-24-13-27-51-52(42)46-32-49(38-20-8-9-22-40(38)54(46)63-51)61-47-30-36-18-6-4-16-34(36)28-44(47)45-29-35-17-5-7-19-37(35)31-48(45)61/h1-32H. The minimum Gasteiger partial charge on any atom is -0.455 e. The van der Waals surface area contributed by atoms with E-state index in [2.05, 4.69) is 126 Å². The van der Waals surface area contributed by atoms with E-state index < -0.39 is 0 Å². The van der Waals surface area contributed by atoms with Crippen LogP contribution in [0.5, 0.6) is 0 Å². The van der Waals surface area contributed by atoms with Crippen molar-refractivity contribution in [3.63, 3.8) is 0 Å². The van der Waals surface area contributed by atoms with Crippen molar-refractivity contribution < 1.29 is 8.83 Å². The first-order valence-corrected chi connectivity index (χ1v) is 21.2. The molecular weight excluding hydrogens is 773 g/mol. The summed E-state index contributed by atoms with van der Waals surface area (Å²) in [5.74, 6) is 1.65. The monoisotopic (exact) mass is 804 g/mol. The van der Waals surface area contributed by atoms with Gasteiger partial charge in [0.1, 0.15) is 22.3 Å². The summed E-state index contributed by atoms with van der Waals surface area (Å²) < 4.78 is 15.9. The molecule has 10 aromatic carbocycles. The van der Waals surface area contributed by atoms with Gasteiger partial charge in [0.15, 0.2) is 17.5 Å². The normalized spacial score (nSPS) is 12.1. The summed E-state index contributed by atoms with van der Waals surface area (Å²) in [5.41, 5.74) is 9.03. The van der Waals surface area contributed by atoms with E-state index in [0.29, 0.717) is 17.5 Å². The van der Waals surface area contributed by atoms with Gasteiger partial charge in [-0.25, -0.2) is 15.0 Å². The molecule has 14 aromatic rings. The van der Waals surface area contributed by atoms with Gasteiger partial charge in [-0.3, -0.25) is 0 Å². The Hall–Kier alpha value is -8.61. The molecule has 0 saturated carbocycles. The summed E-state index contributed by atoms with van der Waals surface area (Å²) >= 11 is 0. The van der Waals surface area contributed by atoms with Crippen LogP contribution in [-0.2, 0) is 0 Å². The van der Waals surface area contributed by atoms with Crippen LogP contribution in [0.3, 0.4) is 0 Å². The summed E-state index contributed by atoms with van der Waals surface area (Å²) in [6.45, 7) is 0. The lowest BCUT2D eigenvalue weighted by Gasteiger charge is -2.13. The molecule has 0 bridgehead atoms. The molecule has 0 amide bonds. The van der Waals surface area contributed by atoms with Crippen molar-refractivity contribution in [3.05, 3.63) is 194 Å². The Labute approximate surface area is 358 Å². The van der Waals surface area contributed by atoms with Crippen LogP contribution in [0.4, 0.5) is 0 Å². The lowest BCUT2D eigenvalue weighted by molar-refractivity contribution is 0.669. The number of hydrogen-bond donors (Lipinski definition) is 0. The summed E-state index contributed by atoms with van der Waals surface area (Å²) in [6, 6.07) is 68.1. The Balaban J connectivity index is 1.08. The molecule has 0 N–H and O–H groups in total. The highest BCUT2D eigenvalue weighted by Gasteiger charge is 2.24. The number of nitrogens with zero attached hydrogens (tertiary/aromatic N) is 4. The van der Waals surface area contributed by atoms with Crippen LogP contribution >= 0.6 is 0 Å². The van der Waals surface area contributed by atoms with Crippen LogP contribution < -0.4 is 0 Å². The Morgan fingerprint density at radius 1 is 0.333 bits per heavy atom. The molecule has 292 valence electrons. The fourth-order valence-corrected chi connectivity index (χ4v) is 9.90. The van der Waals surface area contributed by atoms with Crippen molar-refractivity contribution >= 4 is 98.0 Å². The molecule has 0 unspecified atom stereocenters. The Morgan fingerprint density at radius 3 is 1.57 bits per heavy atom. The van der Waals surface area contributed by atoms with Crippen molar-refractivity contribution in [2.45, 2.75) is 0 Å². The van der Waals surface area contributed by atoms with Gasteiger partial charge < -0.3 is 13.4 Å². The Morgan fingerprint density at radius 2 is 0.841 bits per heavy atom. The number of aromatic nitrogens is 4. The predicted molar refractivity (Wildman–Crippen MR) is 258 cm³/mol. The molecule has 0 spiro atoms. The Kier molecular flexibility index (Phi) is 7.02. The van der Waals surface area contributed by atoms with Gasteiger partial charge in [0.25, 0.3) is 0 Å². The van der Waals surface area contributed by atoms with Gasteiger partial charge in [0, 0.05) is 54.2 Å². The SMILES string of the molecule is c1ccc(-c2nc(-c3cccc4c3oc3ccccc34)nc(-c3cccc4oc5c6ccccc6c(-n6c7cc8ccccc8cc7c7cc8ccccc8cc76)cc5c34)n2)cc1. The highest BCUT2D eigenvalue weighted by molar-refractivity contribution is 6.23. The number of fused-ring (bicyclic) bond motifs is 13. The van der Waals surface area contributed by atoms with Crippen molar-refractivity contribution in [1.82, 2.24) is 19.5 Å². The van der Waals surface area contributed by atoms with E-state index >= 15 is 0 Å². The van der Waals surface area contributed by atoms with Crippen molar-refractivity contribution in [2.75, 3.05) is 0 Å². The molecule has 63 heavy (non-hydrogen) atoms. The van der Waals surface area contributed by atoms with E-state index in [4.69, 9.17) is 23.8 Å². The smallest absolute Gasteiger partial charge is 0.167 e. The Bertz CT molecular complexity index is 4120. The highest BCUT2D eigenvalue weighted by Crippen LogP contribution is 2.45. The zero-order chi connectivity index (χ0) is 41.2. The van der Waals surface area contributed by atoms with Gasteiger partial charge in [-0.2, -0.15) is 0 Å². The summed E-state index contributed by atoms with van der Waals surface area (Å²) in [6.07, 6.45) is 0. The first-order chi connectivity index (χ1) is 31.2. The first-order valence-electron chi connectivity index (χ1n) is 21.2. The molecule has 0 saturated heterocycles. The average molecular weight is 805 g/mol. The van der Waals surface area contributed by atoms with E-state index in [0.717, 1.165) is 88.1 Å². The molecule has 4 heterocycles. The second-order valence-corrected chi connectivity index (χ2v) is 16.3.